The predicted molar refractivity (Wildman–Crippen MR) is 65.8 cm³/mol. The highest BCUT2D eigenvalue weighted by Crippen LogP contribution is 2.30. The third kappa shape index (κ3) is 5.19. The molecule has 0 bridgehead atoms. The Bertz CT molecular complexity index is 169. The van der Waals surface area contributed by atoms with Gasteiger partial charge in [-0.2, -0.15) is 0 Å². The molecule has 0 aromatic rings. The van der Waals surface area contributed by atoms with Crippen LogP contribution in [0.3, 0.4) is 0 Å². The van der Waals surface area contributed by atoms with Crippen LogP contribution in [-0.2, 0) is 4.79 Å². The second-order valence-corrected chi connectivity index (χ2v) is 4.63. The first-order chi connectivity index (χ1) is 7.10. The van der Waals surface area contributed by atoms with Crippen molar-refractivity contribution in [2.24, 2.45) is 5.41 Å². The first kappa shape index (κ1) is 14.5. The van der Waals surface area contributed by atoms with Gasteiger partial charge < -0.3 is 5.32 Å². The van der Waals surface area contributed by atoms with E-state index in [1.807, 2.05) is 6.92 Å². The zero-order valence-corrected chi connectivity index (χ0v) is 10.9. The van der Waals surface area contributed by atoms with E-state index in [1.54, 1.807) is 0 Å². The third-order valence-corrected chi connectivity index (χ3v) is 3.05. The number of hydrogen-bond donors (Lipinski definition) is 1. The Morgan fingerprint density at radius 1 is 1.07 bits per heavy atom. The van der Waals surface area contributed by atoms with Gasteiger partial charge in [0.15, 0.2) is 0 Å². The van der Waals surface area contributed by atoms with Gasteiger partial charge in [-0.3, -0.25) is 4.79 Å². The van der Waals surface area contributed by atoms with E-state index in [2.05, 4.69) is 26.1 Å². The first-order valence-electron chi connectivity index (χ1n) is 6.39. The Morgan fingerprint density at radius 3 is 1.87 bits per heavy atom. The van der Waals surface area contributed by atoms with Crippen LogP contribution in [0.1, 0.15) is 66.2 Å². The molecular weight excluding hydrogens is 186 g/mol. The van der Waals surface area contributed by atoms with Gasteiger partial charge in [0, 0.05) is 12.0 Å². The molecule has 0 aliphatic carbocycles. The standard InChI is InChI=1S/C13H27NO/c1-5-8-10-13(4,11-9-6-2)12(15)14-7-3/h5-11H2,1-4H3,(H,14,15). The molecule has 1 N–H and O–H groups in total. The van der Waals surface area contributed by atoms with Crippen molar-refractivity contribution in [3.05, 3.63) is 0 Å². The normalized spacial score (nSPS) is 11.5. The minimum atomic E-state index is -0.137. The molecule has 0 spiro atoms. The van der Waals surface area contributed by atoms with E-state index in [1.165, 1.54) is 12.8 Å². The van der Waals surface area contributed by atoms with Crippen LogP contribution in [0.15, 0.2) is 0 Å². The molecule has 0 aromatic carbocycles. The largest absolute Gasteiger partial charge is 0.356 e. The molecule has 0 atom stereocenters. The van der Waals surface area contributed by atoms with E-state index < -0.39 is 0 Å². The lowest BCUT2D eigenvalue weighted by molar-refractivity contribution is -0.131. The van der Waals surface area contributed by atoms with E-state index in [0.717, 1.165) is 32.2 Å². The number of carbonyl (C=O) groups excluding carboxylic acids is 1. The van der Waals surface area contributed by atoms with Crippen LogP contribution in [0.5, 0.6) is 0 Å². The summed E-state index contributed by atoms with van der Waals surface area (Å²) in [6.07, 6.45) is 6.68. The molecule has 2 heteroatoms. The third-order valence-electron chi connectivity index (χ3n) is 3.05. The van der Waals surface area contributed by atoms with Crippen LogP contribution in [0, 0.1) is 5.41 Å². The zero-order valence-electron chi connectivity index (χ0n) is 10.9. The molecule has 0 radical (unpaired) electrons. The Balaban J connectivity index is 4.30. The highest BCUT2D eigenvalue weighted by atomic mass is 16.2. The molecule has 0 saturated heterocycles. The minimum absolute atomic E-state index is 0.137. The summed E-state index contributed by atoms with van der Waals surface area (Å²) in [7, 11) is 0. The number of carbonyl (C=O) groups is 1. The van der Waals surface area contributed by atoms with E-state index in [9.17, 15) is 4.79 Å². The summed E-state index contributed by atoms with van der Waals surface area (Å²) in [4.78, 5) is 12.0. The Hall–Kier alpha value is -0.530. The zero-order chi connectivity index (χ0) is 11.7. The number of nitrogens with one attached hydrogen (secondary N) is 1. The summed E-state index contributed by atoms with van der Waals surface area (Å²) < 4.78 is 0. The Kier molecular flexibility index (Phi) is 7.45. The summed E-state index contributed by atoms with van der Waals surface area (Å²) in [5, 5.41) is 2.96. The van der Waals surface area contributed by atoms with E-state index >= 15 is 0 Å². The lowest BCUT2D eigenvalue weighted by Crippen LogP contribution is -2.38. The number of unbranched alkanes of at least 4 members (excludes halogenated alkanes) is 2. The van der Waals surface area contributed by atoms with Crippen molar-refractivity contribution >= 4 is 5.91 Å². The van der Waals surface area contributed by atoms with Crippen LogP contribution in [0.2, 0.25) is 0 Å². The summed E-state index contributed by atoms with van der Waals surface area (Å²) in [6, 6.07) is 0. The van der Waals surface area contributed by atoms with E-state index in [-0.39, 0.29) is 11.3 Å². The van der Waals surface area contributed by atoms with Crippen molar-refractivity contribution in [1.82, 2.24) is 5.32 Å². The van der Waals surface area contributed by atoms with Crippen LogP contribution in [0.4, 0.5) is 0 Å². The van der Waals surface area contributed by atoms with E-state index in [4.69, 9.17) is 0 Å². The molecule has 0 unspecified atom stereocenters. The molecule has 2 nitrogen and oxygen atoms in total. The van der Waals surface area contributed by atoms with Gasteiger partial charge in [0.1, 0.15) is 0 Å². The number of rotatable bonds is 8. The second-order valence-electron chi connectivity index (χ2n) is 4.63. The van der Waals surface area contributed by atoms with Gasteiger partial charge in [-0.05, 0) is 19.8 Å². The summed E-state index contributed by atoms with van der Waals surface area (Å²) >= 11 is 0. The molecule has 0 aromatic heterocycles. The molecule has 0 aliphatic heterocycles. The number of hydrogen-bond acceptors (Lipinski definition) is 1. The molecule has 0 aliphatic rings. The molecular formula is C13H27NO. The van der Waals surface area contributed by atoms with Gasteiger partial charge >= 0.3 is 0 Å². The van der Waals surface area contributed by atoms with Crippen LogP contribution < -0.4 is 5.32 Å². The maximum Gasteiger partial charge on any atom is 0.225 e. The molecule has 0 fully saturated rings. The van der Waals surface area contributed by atoms with Gasteiger partial charge in [-0.25, -0.2) is 0 Å². The molecule has 0 heterocycles. The Labute approximate surface area is 94.8 Å². The summed E-state index contributed by atoms with van der Waals surface area (Å²) in [5.74, 6) is 0.243. The number of amides is 1. The molecule has 15 heavy (non-hydrogen) atoms. The van der Waals surface area contributed by atoms with Crippen molar-refractivity contribution in [3.8, 4) is 0 Å². The van der Waals surface area contributed by atoms with Gasteiger partial charge in [0.25, 0.3) is 0 Å². The van der Waals surface area contributed by atoms with Gasteiger partial charge in [0.2, 0.25) is 5.91 Å². The fourth-order valence-corrected chi connectivity index (χ4v) is 1.86. The molecule has 0 saturated carbocycles. The Morgan fingerprint density at radius 2 is 1.53 bits per heavy atom. The lowest BCUT2D eigenvalue weighted by atomic mass is 9.79. The first-order valence-corrected chi connectivity index (χ1v) is 6.39. The maximum absolute atomic E-state index is 12.0. The topological polar surface area (TPSA) is 29.1 Å². The van der Waals surface area contributed by atoms with Crippen molar-refractivity contribution in [2.75, 3.05) is 6.54 Å². The SMILES string of the molecule is CCCCC(C)(CCCC)C(=O)NCC. The predicted octanol–water partition coefficient (Wildman–Crippen LogP) is 3.51. The fraction of sp³-hybridized carbons (Fsp3) is 0.923. The fourth-order valence-electron chi connectivity index (χ4n) is 1.86. The van der Waals surface area contributed by atoms with Crippen LogP contribution in [0.25, 0.3) is 0 Å². The molecule has 90 valence electrons. The van der Waals surface area contributed by atoms with Gasteiger partial charge in [-0.15, -0.1) is 0 Å². The van der Waals surface area contributed by atoms with Gasteiger partial charge in [-0.1, -0.05) is 46.5 Å². The van der Waals surface area contributed by atoms with Crippen LogP contribution >= 0.6 is 0 Å². The maximum atomic E-state index is 12.0. The summed E-state index contributed by atoms with van der Waals surface area (Å²) in [6.45, 7) is 9.20. The van der Waals surface area contributed by atoms with Gasteiger partial charge in [0.05, 0.1) is 0 Å². The smallest absolute Gasteiger partial charge is 0.225 e. The van der Waals surface area contributed by atoms with Crippen LogP contribution in [-0.4, -0.2) is 12.5 Å². The monoisotopic (exact) mass is 213 g/mol. The quantitative estimate of drug-likeness (QED) is 0.657. The van der Waals surface area contributed by atoms with Crippen molar-refractivity contribution in [3.63, 3.8) is 0 Å². The summed E-state index contributed by atoms with van der Waals surface area (Å²) in [5.41, 5.74) is -0.137. The minimum Gasteiger partial charge on any atom is -0.356 e. The highest BCUT2D eigenvalue weighted by Gasteiger charge is 2.30. The van der Waals surface area contributed by atoms with E-state index in [0.29, 0.717) is 0 Å². The van der Waals surface area contributed by atoms with Crippen molar-refractivity contribution < 1.29 is 4.79 Å². The molecule has 1 amide bonds. The van der Waals surface area contributed by atoms with Crippen molar-refractivity contribution in [2.45, 2.75) is 66.2 Å². The average Bonchev–Trinajstić information content (AvgIpc) is 2.24. The second kappa shape index (κ2) is 7.72. The van der Waals surface area contributed by atoms with Crippen molar-refractivity contribution in [1.29, 1.82) is 0 Å². The molecule has 0 rings (SSSR count). The highest BCUT2D eigenvalue weighted by molar-refractivity contribution is 5.82. The lowest BCUT2D eigenvalue weighted by Gasteiger charge is -2.28. The average molecular weight is 213 g/mol.